The van der Waals surface area contributed by atoms with E-state index in [1.54, 1.807) is 11.3 Å². The molecule has 1 N–H and O–H groups in total. The molecule has 0 aliphatic heterocycles. The number of hydrogen-bond acceptors (Lipinski definition) is 3. The maximum Gasteiger partial charge on any atom is 0.224 e. The van der Waals surface area contributed by atoms with E-state index in [2.05, 4.69) is 5.32 Å². The molecule has 0 atom stereocenters. The zero-order valence-electron chi connectivity index (χ0n) is 10.4. The summed E-state index contributed by atoms with van der Waals surface area (Å²) in [5, 5.41) is 5.71. The van der Waals surface area contributed by atoms with Crippen LogP contribution in [0.4, 0.5) is 5.69 Å². The van der Waals surface area contributed by atoms with E-state index in [9.17, 15) is 4.79 Å². The van der Waals surface area contributed by atoms with Crippen molar-refractivity contribution in [3.8, 4) is 10.8 Å². The summed E-state index contributed by atoms with van der Waals surface area (Å²) < 4.78 is 5.69. The van der Waals surface area contributed by atoms with Gasteiger partial charge in [0.2, 0.25) is 5.91 Å². The summed E-state index contributed by atoms with van der Waals surface area (Å²) in [7, 11) is 0. The average molecular weight is 261 g/mol. The van der Waals surface area contributed by atoms with Crippen LogP contribution in [0.3, 0.4) is 0 Å². The van der Waals surface area contributed by atoms with Gasteiger partial charge >= 0.3 is 0 Å². The first-order valence-electron chi connectivity index (χ1n) is 5.80. The van der Waals surface area contributed by atoms with E-state index in [0.29, 0.717) is 6.42 Å². The third-order valence-corrected chi connectivity index (χ3v) is 3.31. The summed E-state index contributed by atoms with van der Waals surface area (Å²) in [5.41, 5.74) is 1.98. The van der Waals surface area contributed by atoms with Gasteiger partial charge in [0.1, 0.15) is 5.75 Å². The van der Waals surface area contributed by atoms with Gasteiger partial charge in [-0.3, -0.25) is 4.79 Å². The number of rotatable bonds is 4. The molecule has 0 radical (unpaired) electrons. The van der Waals surface area contributed by atoms with Gasteiger partial charge in [-0.2, -0.15) is 0 Å². The van der Waals surface area contributed by atoms with Crippen LogP contribution in [-0.4, -0.2) is 5.91 Å². The monoisotopic (exact) mass is 261 g/mol. The molecule has 0 unspecified atom stereocenters. The van der Waals surface area contributed by atoms with Crippen molar-refractivity contribution in [3.05, 3.63) is 41.3 Å². The molecule has 1 heterocycles. The molecule has 3 nitrogen and oxygen atoms in total. The smallest absolute Gasteiger partial charge is 0.224 e. The fraction of sp³-hybridized carbons (Fsp3) is 0.214. The highest BCUT2D eigenvalue weighted by molar-refractivity contribution is 7.12. The molecule has 1 amide bonds. The average Bonchev–Trinajstić information content (AvgIpc) is 2.77. The molecule has 2 aromatic rings. The Balaban J connectivity index is 2.01. The second kappa shape index (κ2) is 5.69. The van der Waals surface area contributed by atoms with Gasteiger partial charge in [0.05, 0.1) is 0 Å². The normalized spacial score (nSPS) is 10.1. The van der Waals surface area contributed by atoms with Crippen LogP contribution in [0.2, 0.25) is 0 Å². The second-order valence-corrected chi connectivity index (χ2v) is 4.85. The van der Waals surface area contributed by atoms with Gasteiger partial charge in [-0.1, -0.05) is 6.92 Å². The molecule has 0 aliphatic carbocycles. The van der Waals surface area contributed by atoms with Gasteiger partial charge in [-0.05, 0) is 48.2 Å². The van der Waals surface area contributed by atoms with Crippen molar-refractivity contribution < 1.29 is 9.53 Å². The largest absolute Gasteiger partial charge is 0.447 e. The highest BCUT2D eigenvalue weighted by Crippen LogP contribution is 2.28. The summed E-state index contributed by atoms with van der Waals surface area (Å²) in [5.74, 6) is 0.781. The maximum atomic E-state index is 11.2. The third-order valence-electron chi connectivity index (χ3n) is 2.38. The lowest BCUT2D eigenvalue weighted by molar-refractivity contribution is -0.115. The van der Waals surface area contributed by atoms with Gasteiger partial charge in [-0.15, -0.1) is 11.3 Å². The summed E-state index contributed by atoms with van der Waals surface area (Å²) in [6.45, 7) is 3.86. The fourth-order valence-electron chi connectivity index (χ4n) is 1.43. The molecule has 2 rings (SSSR count). The summed E-state index contributed by atoms with van der Waals surface area (Å²) >= 11 is 1.57. The second-order valence-electron chi connectivity index (χ2n) is 3.97. The van der Waals surface area contributed by atoms with Gasteiger partial charge in [-0.25, -0.2) is 0 Å². The zero-order chi connectivity index (χ0) is 13.0. The Bertz CT molecular complexity index is 531. The van der Waals surface area contributed by atoms with Crippen LogP contribution >= 0.6 is 11.3 Å². The van der Waals surface area contributed by atoms with Crippen molar-refractivity contribution in [1.29, 1.82) is 0 Å². The SMILES string of the molecule is CCC(=O)Nc1ccc(Oc2cc(C)cs2)cc1. The highest BCUT2D eigenvalue weighted by atomic mass is 32.1. The highest BCUT2D eigenvalue weighted by Gasteiger charge is 2.02. The minimum absolute atomic E-state index is 0.0116. The number of aryl methyl sites for hydroxylation is 1. The van der Waals surface area contributed by atoms with Crippen LogP contribution in [0, 0.1) is 6.92 Å². The molecular weight excluding hydrogens is 246 g/mol. The lowest BCUT2D eigenvalue weighted by Crippen LogP contribution is -2.08. The minimum atomic E-state index is 0.0116. The fourth-order valence-corrected chi connectivity index (χ4v) is 2.20. The predicted molar refractivity (Wildman–Crippen MR) is 74.5 cm³/mol. The first-order valence-corrected chi connectivity index (χ1v) is 6.68. The predicted octanol–water partition coefficient (Wildman–Crippen LogP) is 4.20. The molecule has 0 bridgehead atoms. The lowest BCUT2D eigenvalue weighted by Gasteiger charge is -2.05. The molecule has 0 saturated heterocycles. The number of ether oxygens (including phenoxy) is 1. The van der Waals surface area contributed by atoms with Crippen LogP contribution in [0.25, 0.3) is 0 Å². The van der Waals surface area contributed by atoms with Crippen molar-refractivity contribution in [2.24, 2.45) is 0 Å². The van der Waals surface area contributed by atoms with Crippen LogP contribution < -0.4 is 10.1 Å². The van der Waals surface area contributed by atoms with Gasteiger partial charge < -0.3 is 10.1 Å². The first kappa shape index (κ1) is 12.6. The Morgan fingerprint density at radius 2 is 2.06 bits per heavy atom. The molecule has 0 aliphatic rings. The number of carbonyl (C=O) groups is 1. The number of carbonyl (C=O) groups excluding carboxylic acids is 1. The van der Waals surface area contributed by atoms with E-state index >= 15 is 0 Å². The Morgan fingerprint density at radius 3 is 2.61 bits per heavy atom. The van der Waals surface area contributed by atoms with Crippen molar-refractivity contribution in [3.63, 3.8) is 0 Å². The standard InChI is InChI=1S/C14H15NO2S/c1-3-13(16)15-11-4-6-12(7-5-11)17-14-8-10(2)9-18-14/h4-9H,3H2,1-2H3,(H,15,16). The van der Waals surface area contributed by atoms with Crippen molar-refractivity contribution >= 4 is 22.9 Å². The van der Waals surface area contributed by atoms with E-state index < -0.39 is 0 Å². The number of nitrogens with one attached hydrogen (secondary N) is 1. The first-order chi connectivity index (χ1) is 8.67. The Kier molecular flexibility index (Phi) is 3.99. The van der Waals surface area contributed by atoms with Gasteiger partial charge in [0.25, 0.3) is 0 Å². The lowest BCUT2D eigenvalue weighted by atomic mass is 10.3. The number of thiophene rings is 1. The number of benzene rings is 1. The molecule has 1 aromatic carbocycles. The molecule has 18 heavy (non-hydrogen) atoms. The summed E-state index contributed by atoms with van der Waals surface area (Å²) in [4.78, 5) is 11.2. The van der Waals surface area contributed by atoms with E-state index in [-0.39, 0.29) is 5.91 Å². The van der Waals surface area contributed by atoms with Crippen molar-refractivity contribution in [2.45, 2.75) is 20.3 Å². The van der Waals surface area contributed by atoms with Crippen LogP contribution in [0.15, 0.2) is 35.7 Å². The molecule has 1 aromatic heterocycles. The molecule has 0 fully saturated rings. The van der Waals surface area contributed by atoms with Crippen LogP contribution in [0.5, 0.6) is 10.8 Å². The van der Waals surface area contributed by atoms with E-state index in [4.69, 9.17) is 4.74 Å². The maximum absolute atomic E-state index is 11.2. The molecule has 0 spiro atoms. The molecule has 0 saturated carbocycles. The molecule has 94 valence electrons. The zero-order valence-corrected chi connectivity index (χ0v) is 11.2. The summed E-state index contributed by atoms with van der Waals surface area (Å²) in [6.07, 6.45) is 0.479. The van der Waals surface area contributed by atoms with Gasteiger partial charge in [0.15, 0.2) is 5.06 Å². The molecular formula is C14H15NO2S. The van der Waals surface area contributed by atoms with E-state index in [1.165, 1.54) is 5.56 Å². The Hall–Kier alpha value is -1.81. The number of hydrogen-bond donors (Lipinski definition) is 1. The Morgan fingerprint density at radius 1 is 1.33 bits per heavy atom. The topological polar surface area (TPSA) is 38.3 Å². The van der Waals surface area contributed by atoms with Crippen molar-refractivity contribution in [1.82, 2.24) is 0 Å². The Labute approximate surface area is 110 Å². The van der Waals surface area contributed by atoms with Crippen LogP contribution in [-0.2, 0) is 4.79 Å². The summed E-state index contributed by atoms with van der Waals surface area (Å²) in [6, 6.07) is 9.37. The van der Waals surface area contributed by atoms with Gasteiger partial charge in [0, 0.05) is 12.1 Å². The van der Waals surface area contributed by atoms with Crippen molar-refractivity contribution in [2.75, 3.05) is 5.32 Å². The molecule has 4 heteroatoms. The minimum Gasteiger partial charge on any atom is -0.447 e. The number of amides is 1. The van der Waals surface area contributed by atoms with E-state index in [1.807, 2.05) is 49.6 Å². The van der Waals surface area contributed by atoms with Crippen LogP contribution in [0.1, 0.15) is 18.9 Å². The quantitative estimate of drug-likeness (QED) is 0.895. The number of anilines is 1. The van der Waals surface area contributed by atoms with E-state index in [0.717, 1.165) is 16.5 Å². The third kappa shape index (κ3) is 3.34.